The zero-order valence-electron chi connectivity index (χ0n) is 10.7. The van der Waals surface area contributed by atoms with Crippen molar-refractivity contribution in [3.63, 3.8) is 0 Å². The molecule has 0 saturated heterocycles. The first-order chi connectivity index (χ1) is 9.90. The first-order valence-corrected chi connectivity index (χ1v) is 6.08. The second-order valence-electron chi connectivity index (χ2n) is 4.39. The summed E-state index contributed by atoms with van der Waals surface area (Å²) in [5.74, 6) is -0.655. The Kier molecular flexibility index (Phi) is 4.21. The maximum absolute atomic E-state index is 12.6. The maximum atomic E-state index is 12.6. The standard InChI is InChI=1S/C14H11F3N2O2/c15-14(16,17)9-3-1-4-10(7-9)19-13(21)12-6-2-5-11(8-20)18-12/h1-4,6-8,11H,5H2,(H,19,21). The summed E-state index contributed by atoms with van der Waals surface area (Å²) in [5, 5.41) is 2.33. The lowest BCUT2D eigenvalue weighted by Crippen LogP contribution is -2.25. The Hall–Kier alpha value is -2.44. The molecule has 0 fully saturated rings. The lowest BCUT2D eigenvalue weighted by atomic mass is 10.1. The summed E-state index contributed by atoms with van der Waals surface area (Å²) >= 11 is 0. The number of rotatable bonds is 3. The Morgan fingerprint density at radius 2 is 2.14 bits per heavy atom. The number of carbonyl (C=O) groups excluding carboxylic acids is 2. The van der Waals surface area contributed by atoms with Crippen LogP contribution in [0.25, 0.3) is 0 Å². The van der Waals surface area contributed by atoms with Crippen LogP contribution in [0.3, 0.4) is 0 Å². The number of hydrogen-bond acceptors (Lipinski definition) is 3. The summed E-state index contributed by atoms with van der Waals surface area (Å²) in [5.41, 5.74) is -0.831. The minimum absolute atomic E-state index is 0.00996. The average molecular weight is 296 g/mol. The molecule has 110 valence electrons. The molecule has 1 amide bonds. The van der Waals surface area contributed by atoms with Crippen LogP contribution in [-0.4, -0.2) is 23.9 Å². The fraction of sp³-hybridized carbons (Fsp3) is 0.214. The summed E-state index contributed by atoms with van der Waals surface area (Å²) in [7, 11) is 0. The van der Waals surface area contributed by atoms with Crippen LogP contribution >= 0.6 is 0 Å². The second-order valence-corrected chi connectivity index (χ2v) is 4.39. The van der Waals surface area contributed by atoms with Crippen molar-refractivity contribution in [2.45, 2.75) is 18.6 Å². The van der Waals surface area contributed by atoms with Gasteiger partial charge in [0.25, 0.3) is 5.91 Å². The Balaban J connectivity index is 2.15. The van der Waals surface area contributed by atoms with Gasteiger partial charge in [-0.2, -0.15) is 13.2 Å². The molecule has 1 aliphatic heterocycles. The zero-order valence-corrected chi connectivity index (χ0v) is 10.7. The molecule has 21 heavy (non-hydrogen) atoms. The van der Waals surface area contributed by atoms with Crippen molar-refractivity contribution >= 4 is 23.6 Å². The van der Waals surface area contributed by atoms with Crippen molar-refractivity contribution < 1.29 is 22.8 Å². The molecule has 1 unspecified atom stereocenters. The molecular weight excluding hydrogens is 285 g/mol. The van der Waals surface area contributed by atoms with E-state index in [2.05, 4.69) is 10.3 Å². The molecule has 1 N–H and O–H groups in total. The fourth-order valence-electron chi connectivity index (χ4n) is 1.78. The molecule has 0 spiro atoms. The van der Waals surface area contributed by atoms with Gasteiger partial charge in [-0.15, -0.1) is 0 Å². The van der Waals surface area contributed by atoms with Crippen LogP contribution in [0.2, 0.25) is 0 Å². The Labute approximate surface area is 118 Å². The molecule has 7 heteroatoms. The van der Waals surface area contributed by atoms with Crippen molar-refractivity contribution in [3.8, 4) is 0 Å². The van der Waals surface area contributed by atoms with E-state index >= 15 is 0 Å². The summed E-state index contributed by atoms with van der Waals surface area (Å²) in [6, 6.07) is 3.67. The molecule has 1 aromatic carbocycles. The molecule has 0 saturated carbocycles. The van der Waals surface area contributed by atoms with Gasteiger partial charge in [0.15, 0.2) is 0 Å². The summed E-state index contributed by atoms with van der Waals surface area (Å²) in [6.07, 6.45) is -0.410. The minimum atomic E-state index is -4.48. The number of aldehydes is 1. The largest absolute Gasteiger partial charge is 0.416 e. The van der Waals surface area contributed by atoms with Crippen molar-refractivity contribution in [1.82, 2.24) is 0 Å². The molecule has 0 radical (unpaired) electrons. The lowest BCUT2D eigenvalue weighted by Gasteiger charge is -2.12. The number of dihydropyridines is 1. The summed E-state index contributed by atoms with van der Waals surface area (Å²) < 4.78 is 37.7. The molecule has 1 heterocycles. The van der Waals surface area contributed by atoms with E-state index in [0.717, 1.165) is 12.1 Å². The first-order valence-electron chi connectivity index (χ1n) is 6.08. The van der Waals surface area contributed by atoms with Crippen LogP contribution in [0.15, 0.2) is 41.4 Å². The quantitative estimate of drug-likeness (QED) is 0.872. The van der Waals surface area contributed by atoms with E-state index in [-0.39, 0.29) is 11.4 Å². The van der Waals surface area contributed by atoms with Gasteiger partial charge in [-0.3, -0.25) is 9.79 Å². The highest BCUT2D eigenvalue weighted by atomic mass is 19.4. The van der Waals surface area contributed by atoms with E-state index in [4.69, 9.17) is 0 Å². The van der Waals surface area contributed by atoms with Crippen LogP contribution in [0.1, 0.15) is 12.0 Å². The highest BCUT2D eigenvalue weighted by molar-refractivity contribution is 6.47. The number of nitrogens with one attached hydrogen (secondary N) is 1. The van der Waals surface area contributed by atoms with Gasteiger partial charge in [0.05, 0.1) is 5.56 Å². The number of hydrogen-bond donors (Lipinski definition) is 1. The lowest BCUT2D eigenvalue weighted by molar-refractivity contribution is -0.137. The van der Waals surface area contributed by atoms with Gasteiger partial charge in [0.1, 0.15) is 18.0 Å². The van der Waals surface area contributed by atoms with Crippen molar-refractivity contribution in [2.24, 2.45) is 4.99 Å². The number of carbonyl (C=O) groups is 2. The molecule has 2 rings (SSSR count). The number of alkyl halides is 3. The first kappa shape index (κ1) is 15.0. The van der Waals surface area contributed by atoms with E-state index in [1.807, 2.05) is 0 Å². The molecule has 4 nitrogen and oxygen atoms in total. The number of benzene rings is 1. The van der Waals surface area contributed by atoms with Gasteiger partial charge >= 0.3 is 6.18 Å². The van der Waals surface area contributed by atoms with Crippen LogP contribution in [0, 0.1) is 0 Å². The van der Waals surface area contributed by atoms with Gasteiger partial charge in [-0.25, -0.2) is 0 Å². The Morgan fingerprint density at radius 1 is 1.38 bits per heavy atom. The fourth-order valence-corrected chi connectivity index (χ4v) is 1.78. The van der Waals surface area contributed by atoms with Crippen molar-refractivity contribution in [3.05, 3.63) is 42.0 Å². The van der Waals surface area contributed by atoms with Crippen molar-refractivity contribution in [1.29, 1.82) is 0 Å². The topological polar surface area (TPSA) is 58.5 Å². The number of amides is 1. The third kappa shape index (κ3) is 3.77. The third-order valence-corrected chi connectivity index (χ3v) is 2.80. The predicted octanol–water partition coefficient (Wildman–Crippen LogP) is 2.61. The van der Waals surface area contributed by atoms with Gasteiger partial charge in [-0.05, 0) is 30.7 Å². The van der Waals surface area contributed by atoms with E-state index in [1.54, 1.807) is 6.08 Å². The number of anilines is 1. The number of aliphatic imine (C=N–C) groups is 1. The Morgan fingerprint density at radius 3 is 2.81 bits per heavy atom. The summed E-state index contributed by atoms with van der Waals surface area (Å²) in [6.45, 7) is 0. The van der Waals surface area contributed by atoms with E-state index in [9.17, 15) is 22.8 Å². The summed E-state index contributed by atoms with van der Waals surface area (Å²) in [4.78, 5) is 26.4. The van der Waals surface area contributed by atoms with Gasteiger partial charge in [0, 0.05) is 5.69 Å². The van der Waals surface area contributed by atoms with E-state index in [0.29, 0.717) is 12.7 Å². The highest BCUT2D eigenvalue weighted by Crippen LogP contribution is 2.30. The minimum Gasteiger partial charge on any atom is -0.321 e. The van der Waals surface area contributed by atoms with Crippen LogP contribution in [0.5, 0.6) is 0 Å². The van der Waals surface area contributed by atoms with Crippen molar-refractivity contribution in [2.75, 3.05) is 5.32 Å². The second kappa shape index (κ2) is 5.90. The molecule has 0 aliphatic carbocycles. The average Bonchev–Trinajstić information content (AvgIpc) is 2.46. The SMILES string of the molecule is O=CC1CC=CC(C(=O)Nc2cccc(C(F)(F)F)c2)=N1. The van der Waals surface area contributed by atoms with E-state index in [1.165, 1.54) is 18.2 Å². The molecule has 0 bridgehead atoms. The molecule has 0 aromatic heterocycles. The smallest absolute Gasteiger partial charge is 0.321 e. The monoisotopic (exact) mass is 296 g/mol. The van der Waals surface area contributed by atoms with Gasteiger partial charge < -0.3 is 10.1 Å². The molecular formula is C14H11F3N2O2. The number of nitrogens with zero attached hydrogens (tertiary/aromatic N) is 1. The normalized spacial score (nSPS) is 18.0. The zero-order chi connectivity index (χ0) is 15.5. The maximum Gasteiger partial charge on any atom is 0.416 e. The molecule has 1 aliphatic rings. The van der Waals surface area contributed by atoms with Gasteiger partial charge in [-0.1, -0.05) is 12.1 Å². The number of halogens is 3. The van der Waals surface area contributed by atoms with Crippen LogP contribution < -0.4 is 5.32 Å². The molecule has 1 aromatic rings. The van der Waals surface area contributed by atoms with Gasteiger partial charge in [0.2, 0.25) is 0 Å². The Bertz CT molecular complexity index is 621. The third-order valence-electron chi connectivity index (χ3n) is 2.80. The van der Waals surface area contributed by atoms with Crippen LogP contribution in [0.4, 0.5) is 18.9 Å². The predicted molar refractivity (Wildman–Crippen MR) is 71.1 cm³/mol. The van der Waals surface area contributed by atoms with E-state index < -0.39 is 23.7 Å². The highest BCUT2D eigenvalue weighted by Gasteiger charge is 2.30. The van der Waals surface area contributed by atoms with Crippen LogP contribution in [-0.2, 0) is 15.8 Å². The molecule has 1 atom stereocenters.